The Morgan fingerprint density at radius 2 is 1.65 bits per heavy atom. The van der Waals surface area contributed by atoms with E-state index < -0.39 is 10.0 Å². The monoisotopic (exact) mass is 451 g/mol. The number of sulfonamides is 1. The van der Waals surface area contributed by atoms with E-state index in [0.717, 1.165) is 32.7 Å². The van der Waals surface area contributed by atoms with Crippen molar-refractivity contribution in [2.75, 3.05) is 52.4 Å². The Bertz CT molecular complexity index is 810. The molecule has 2 aliphatic heterocycles. The zero-order chi connectivity index (χ0) is 22.4. The van der Waals surface area contributed by atoms with Crippen molar-refractivity contribution in [2.24, 2.45) is 11.8 Å². The number of carbonyl (C=O) groups is 1. The molecule has 31 heavy (non-hydrogen) atoms. The number of piperazine rings is 1. The van der Waals surface area contributed by atoms with E-state index in [9.17, 15) is 13.2 Å². The number of piperidine rings is 1. The highest BCUT2D eigenvalue weighted by molar-refractivity contribution is 7.89. The molecule has 0 aliphatic carbocycles. The molecule has 0 aromatic heterocycles. The van der Waals surface area contributed by atoms with Crippen molar-refractivity contribution < 1.29 is 17.9 Å². The van der Waals surface area contributed by atoms with Crippen molar-refractivity contribution in [3.8, 4) is 5.75 Å². The van der Waals surface area contributed by atoms with E-state index >= 15 is 0 Å². The summed E-state index contributed by atoms with van der Waals surface area (Å²) in [6.45, 7) is 12.2. The first-order valence-corrected chi connectivity index (χ1v) is 13.0. The maximum absolute atomic E-state index is 13.0. The molecule has 0 saturated carbocycles. The van der Waals surface area contributed by atoms with Crippen molar-refractivity contribution in [2.45, 2.75) is 44.9 Å². The second-order valence-corrected chi connectivity index (χ2v) is 10.9. The molecule has 2 heterocycles. The van der Waals surface area contributed by atoms with Crippen LogP contribution >= 0.6 is 0 Å². The zero-order valence-electron chi connectivity index (χ0n) is 19.1. The molecular weight excluding hydrogens is 414 g/mol. The molecular formula is C23H37N3O4S. The van der Waals surface area contributed by atoms with Crippen LogP contribution in [0.4, 0.5) is 0 Å². The van der Waals surface area contributed by atoms with Crippen LogP contribution < -0.4 is 4.74 Å². The predicted molar refractivity (Wildman–Crippen MR) is 122 cm³/mol. The first-order valence-electron chi connectivity index (χ1n) is 11.6. The summed E-state index contributed by atoms with van der Waals surface area (Å²) >= 11 is 0. The van der Waals surface area contributed by atoms with Gasteiger partial charge in [-0.1, -0.05) is 13.8 Å². The third-order valence-corrected chi connectivity index (χ3v) is 8.20. The minimum Gasteiger partial charge on any atom is -0.494 e. The van der Waals surface area contributed by atoms with Crippen LogP contribution in [0.3, 0.4) is 0 Å². The van der Waals surface area contributed by atoms with E-state index in [1.54, 1.807) is 24.3 Å². The van der Waals surface area contributed by atoms with E-state index in [2.05, 4.69) is 18.7 Å². The number of rotatable bonds is 8. The lowest BCUT2D eigenvalue weighted by Gasteiger charge is -2.38. The first-order chi connectivity index (χ1) is 14.8. The van der Waals surface area contributed by atoms with Crippen molar-refractivity contribution in [3.05, 3.63) is 24.3 Å². The Hall–Kier alpha value is -1.64. The number of carbonyl (C=O) groups excluding carboxylic acids is 1. The Kier molecular flexibility index (Phi) is 8.36. The highest BCUT2D eigenvalue weighted by atomic mass is 32.2. The number of amides is 1. The molecule has 2 saturated heterocycles. The molecule has 0 atom stereocenters. The molecule has 0 spiro atoms. The second-order valence-electron chi connectivity index (χ2n) is 8.93. The SMILES string of the molecule is CCOc1ccc(S(=O)(=O)N2CCC(C(=O)N3CCN(CCC(C)C)CC3)CC2)cc1. The molecule has 8 heteroatoms. The minimum atomic E-state index is -3.54. The zero-order valence-corrected chi connectivity index (χ0v) is 19.9. The summed E-state index contributed by atoms with van der Waals surface area (Å²) in [7, 11) is -3.54. The lowest BCUT2D eigenvalue weighted by molar-refractivity contribution is -0.138. The van der Waals surface area contributed by atoms with Gasteiger partial charge in [-0.05, 0) is 62.9 Å². The Morgan fingerprint density at radius 3 is 2.19 bits per heavy atom. The van der Waals surface area contributed by atoms with Crippen LogP contribution in [0, 0.1) is 11.8 Å². The number of hydrogen-bond acceptors (Lipinski definition) is 5. The number of benzene rings is 1. The summed E-state index contributed by atoms with van der Waals surface area (Å²) in [4.78, 5) is 17.7. The molecule has 1 amide bonds. The molecule has 2 fully saturated rings. The van der Waals surface area contributed by atoms with Crippen molar-refractivity contribution in [1.29, 1.82) is 0 Å². The summed E-state index contributed by atoms with van der Waals surface area (Å²) in [5, 5.41) is 0. The third-order valence-electron chi connectivity index (χ3n) is 6.28. The van der Waals surface area contributed by atoms with Gasteiger partial charge in [0.2, 0.25) is 15.9 Å². The fraction of sp³-hybridized carbons (Fsp3) is 0.696. The molecule has 0 bridgehead atoms. The van der Waals surface area contributed by atoms with E-state index in [1.165, 1.54) is 10.7 Å². The van der Waals surface area contributed by atoms with E-state index in [-0.39, 0.29) is 16.7 Å². The molecule has 0 unspecified atom stereocenters. The fourth-order valence-electron chi connectivity index (χ4n) is 4.26. The van der Waals surface area contributed by atoms with Gasteiger partial charge < -0.3 is 9.64 Å². The van der Waals surface area contributed by atoms with Gasteiger partial charge >= 0.3 is 0 Å². The molecule has 0 N–H and O–H groups in total. The van der Waals surface area contributed by atoms with Gasteiger partial charge in [-0.3, -0.25) is 9.69 Å². The molecule has 174 valence electrons. The second kappa shape index (κ2) is 10.8. The Labute approximate surface area is 187 Å². The molecule has 2 aliphatic rings. The topological polar surface area (TPSA) is 70.2 Å². The number of hydrogen-bond donors (Lipinski definition) is 0. The first kappa shape index (κ1) is 24.0. The van der Waals surface area contributed by atoms with Gasteiger partial charge in [0.15, 0.2) is 0 Å². The standard InChI is InChI=1S/C23H37N3O4S/c1-4-30-21-5-7-22(8-6-21)31(28,29)26-13-10-20(11-14-26)23(27)25-17-15-24(16-18-25)12-9-19(2)3/h5-8,19-20H,4,9-18H2,1-3H3. The molecule has 1 aromatic rings. The lowest BCUT2D eigenvalue weighted by atomic mass is 9.96. The third kappa shape index (κ3) is 6.20. The van der Waals surface area contributed by atoms with Crippen molar-refractivity contribution >= 4 is 15.9 Å². The molecule has 0 radical (unpaired) electrons. The van der Waals surface area contributed by atoms with Gasteiger partial charge in [0.05, 0.1) is 11.5 Å². The lowest BCUT2D eigenvalue weighted by Crippen LogP contribution is -2.52. The average Bonchev–Trinajstić information content (AvgIpc) is 2.78. The largest absolute Gasteiger partial charge is 0.494 e. The Balaban J connectivity index is 1.49. The van der Waals surface area contributed by atoms with E-state index in [1.807, 2.05) is 11.8 Å². The predicted octanol–water partition coefficient (Wildman–Crippen LogP) is 2.68. The summed E-state index contributed by atoms with van der Waals surface area (Å²) in [6.07, 6.45) is 2.36. The highest BCUT2D eigenvalue weighted by Crippen LogP contribution is 2.26. The average molecular weight is 452 g/mol. The van der Waals surface area contributed by atoms with Gasteiger partial charge in [-0.15, -0.1) is 0 Å². The van der Waals surface area contributed by atoms with Crippen LogP contribution in [0.2, 0.25) is 0 Å². The van der Waals surface area contributed by atoms with Crippen molar-refractivity contribution in [3.63, 3.8) is 0 Å². The normalized spacial score (nSPS) is 19.7. The maximum Gasteiger partial charge on any atom is 0.243 e. The van der Waals surface area contributed by atoms with Gasteiger partial charge in [-0.2, -0.15) is 4.31 Å². The van der Waals surface area contributed by atoms with Gasteiger partial charge in [0, 0.05) is 45.2 Å². The van der Waals surface area contributed by atoms with Crippen LogP contribution in [0.5, 0.6) is 5.75 Å². The van der Waals surface area contributed by atoms with Gasteiger partial charge in [0.1, 0.15) is 5.75 Å². The van der Waals surface area contributed by atoms with E-state index in [4.69, 9.17) is 4.74 Å². The van der Waals surface area contributed by atoms with Crippen LogP contribution in [-0.4, -0.2) is 80.9 Å². The van der Waals surface area contributed by atoms with E-state index in [0.29, 0.717) is 44.2 Å². The number of ether oxygens (including phenoxy) is 1. The van der Waals surface area contributed by atoms with Crippen LogP contribution in [0.1, 0.15) is 40.0 Å². The Morgan fingerprint density at radius 1 is 1.03 bits per heavy atom. The molecule has 7 nitrogen and oxygen atoms in total. The van der Waals surface area contributed by atoms with Crippen LogP contribution in [0.15, 0.2) is 29.2 Å². The quantitative estimate of drug-likeness (QED) is 0.608. The smallest absolute Gasteiger partial charge is 0.243 e. The summed E-state index contributed by atoms with van der Waals surface area (Å²) < 4.78 is 32.8. The maximum atomic E-state index is 13.0. The molecule has 3 rings (SSSR count). The number of nitrogens with zero attached hydrogens (tertiary/aromatic N) is 3. The van der Waals surface area contributed by atoms with Crippen LogP contribution in [-0.2, 0) is 14.8 Å². The molecule has 1 aromatic carbocycles. The summed E-state index contributed by atoms with van der Waals surface area (Å²) in [5.74, 6) is 1.48. The van der Waals surface area contributed by atoms with Crippen LogP contribution in [0.25, 0.3) is 0 Å². The van der Waals surface area contributed by atoms with Crippen molar-refractivity contribution in [1.82, 2.24) is 14.1 Å². The minimum absolute atomic E-state index is 0.0750. The highest BCUT2D eigenvalue weighted by Gasteiger charge is 2.34. The van der Waals surface area contributed by atoms with Gasteiger partial charge in [-0.25, -0.2) is 8.42 Å². The summed E-state index contributed by atoms with van der Waals surface area (Å²) in [5.41, 5.74) is 0. The fourth-order valence-corrected chi connectivity index (χ4v) is 5.73. The summed E-state index contributed by atoms with van der Waals surface area (Å²) in [6, 6.07) is 6.56. The van der Waals surface area contributed by atoms with Gasteiger partial charge in [0.25, 0.3) is 0 Å².